The molecule has 0 atom stereocenters. The van der Waals surface area contributed by atoms with Gasteiger partial charge in [-0.1, -0.05) is 0 Å². The molecule has 2 aromatic carbocycles. The smallest absolute Gasteiger partial charge is 0.338 e. The average Bonchev–Trinajstić information content (AvgIpc) is 2.71. The molecule has 0 saturated carbocycles. The number of benzene rings is 2. The van der Waals surface area contributed by atoms with Gasteiger partial charge in [-0.2, -0.15) is 0 Å². The summed E-state index contributed by atoms with van der Waals surface area (Å²) in [6, 6.07) is 7.98. The van der Waals surface area contributed by atoms with Crippen molar-refractivity contribution in [1.82, 2.24) is 0 Å². The zero-order chi connectivity index (χ0) is 20.2. The van der Waals surface area contributed by atoms with Gasteiger partial charge in [-0.3, -0.25) is 0 Å². The summed E-state index contributed by atoms with van der Waals surface area (Å²) in [6.45, 7) is -0.0771. The normalized spacial score (nSPS) is 11.1. The fraction of sp³-hybridized carbons (Fsp3) is 0.222. The lowest BCUT2D eigenvalue weighted by molar-refractivity contribution is 0.0590. The first kappa shape index (κ1) is 20.6. The van der Waals surface area contributed by atoms with Crippen LogP contribution >= 0.6 is 0 Å². The summed E-state index contributed by atoms with van der Waals surface area (Å²) in [4.78, 5) is 23.4. The fourth-order valence-electron chi connectivity index (χ4n) is 2.57. The lowest BCUT2D eigenvalue weighted by Crippen LogP contribution is -2.13. The molecule has 144 valence electrons. The highest BCUT2D eigenvalue weighted by Gasteiger charge is 2.23. The topological polar surface area (TPSA) is 139 Å². The molecule has 4 N–H and O–H groups in total. The van der Waals surface area contributed by atoms with Crippen molar-refractivity contribution >= 4 is 21.8 Å². The van der Waals surface area contributed by atoms with Crippen molar-refractivity contribution in [3.05, 3.63) is 58.7 Å². The predicted molar refractivity (Wildman–Crippen MR) is 96.8 cm³/mol. The molecular weight excluding hydrogens is 372 g/mol. The molecule has 0 bridgehead atoms. The van der Waals surface area contributed by atoms with Gasteiger partial charge >= 0.3 is 11.9 Å². The lowest BCUT2D eigenvalue weighted by atomic mass is 10.1. The Morgan fingerprint density at radius 2 is 1.19 bits per heavy atom. The summed E-state index contributed by atoms with van der Waals surface area (Å²) < 4.78 is 35.2. The summed E-state index contributed by atoms with van der Waals surface area (Å²) in [6.07, 6.45) is 0. The van der Waals surface area contributed by atoms with Crippen LogP contribution in [0.2, 0.25) is 0 Å². The second-order valence-corrected chi connectivity index (χ2v) is 7.48. The number of carbonyl (C=O) groups excluding carboxylic acids is 2. The zero-order valence-electron chi connectivity index (χ0n) is 14.9. The molecule has 0 saturated heterocycles. The van der Waals surface area contributed by atoms with E-state index in [9.17, 15) is 18.0 Å². The first-order valence-electron chi connectivity index (χ1n) is 7.87. The second kappa shape index (κ2) is 8.30. The maximum Gasteiger partial charge on any atom is 0.338 e. The molecule has 0 aliphatic rings. The van der Waals surface area contributed by atoms with Crippen molar-refractivity contribution in [1.29, 1.82) is 0 Å². The van der Waals surface area contributed by atoms with Crippen LogP contribution in [-0.4, -0.2) is 34.6 Å². The maximum absolute atomic E-state index is 13.0. The van der Waals surface area contributed by atoms with E-state index < -0.39 is 21.8 Å². The fourth-order valence-corrected chi connectivity index (χ4v) is 3.93. The molecule has 8 nitrogen and oxygen atoms in total. The van der Waals surface area contributed by atoms with Crippen molar-refractivity contribution in [3.8, 4) is 0 Å². The molecule has 0 aliphatic carbocycles. The van der Waals surface area contributed by atoms with E-state index >= 15 is 0 Å². The maximum atomic E-state index is 13.0. The van der Waals surface area contributed by atoms with Gasteiger partial charge in [-0.25, -0.2) is 18.0 Å². The highest BCUT2D eigenvalue weighted by Crippen LogP contribution is 2.26. The van der Waals surface area contributed by atoms with Crippen LogP contribution < -0.4 is 11.5 Å². The minimum Gasteiger partial charge on any atom is -0.465 e. The Hall–Kier alpha value is -2.75. The molecule has 0 radical (unpaired) electrons. The molecule has 0 heterocycles. The Bertz CT molecular complexity index is 912. The van der Waals surface area contributed by atoms with Crippen LogP contribution in [0.5, 0.6) is 0 Å². The van der Waals surface area contributed by atoms with Crippen LogP contribution in [0.25, 0.3) is 0 Å². The summed E-state index contributed by atoms with van der Waals surface area (Å²) in [7, 11) is -1.46. The molecular formula is C18H20N2O6S. The van der Waals surface area contributed by atoms with Gasteiger partial charge in [0.25, 0.3) is 0 Å². The number of sulfone groups is 1. The number of esters is 2. The van der Waals surface area contributed by atoms with Crippen LogP contribution in [-0.2, 0) is 32.4 Å². The van der Waals surface area contributed by atoms with Crippen molar-refractivity contribution in [2.24, 2.45) is 11.5 Å². The highest BCUT2D eigenvalue weighted by molar-refractivity contribution is 7.91. The van der Waals surface area contributed by atoms with Gasteiger partial charge < -0.3 is 20.9 Å². The molecule has 2 rings (SSSR count). The van der Waals surface area contributed by atoms with Crippen LogP contribution in [0.4, 0.5) is 0 Å². The monoisotopic (exact) mass is 392 g/mol. The Labute approximate surface area is 157 Å². The quantitative estimate of drug-likeness (QED) is 0.695. The molecule has 0 spiro atoms. The Morgan fingerprint density at radius 1 is 0.815 bits per heavy atom. The van der Waals surface area contributed by atoms with Gasteiger partial charge in [0.2, 0.25) is 9.84 Å². The molecule has 27 heavy (non-hydrogen) atoms. The molecule has 0 aromatic heterocycles. The number of hydrogen-bond acceptors (Lipinski definition) is 8. The molecule has 0 amide bonds. The van der Waals surface area contributed by atoms with E-state index in [1.54, 1.807) is 0 Å². The number of rotatable bonds is 6. The molecule has 0 fully saturated rings. The van der Waals surface area contributed by atoms with Gasteiger partial charge in [0, 0.05) is 13.1 Å². The summed E-state index contributed by atoms with van der Waals surface area (Å²) >= 11 is 0. The SMILES string of the molecule is COC(=O)c1ccc(S(=O)(=O)c2ccc(C(=O)OC)c(CN)c2)cc1CN. The van der Waals surface area contributed by atoms with Gasteiger partial charge in [0.05, 0.1) is 35.1 Å². The summed E-state index contributed by atoms with van der Waals surface area (Å²) in [5.74, 6) is -1.21. The third-order valence-electron chi connectivity index (χ3n) is 4.02. The van der Waals surface area contributed by atoms with Gasteiger partial charge in [-0.05, 0) is 47.5 Å². The minimum atomic E-state index is -3.92. The van der Waals surface area contributed by atoms with E-state index in [2.05, 4.69) is 9.47 Å². The number of nitrogens with two attached hydrogens (primary N) is 2. The van der Waals surface area contributed by atoms with Gasteiger partial charge in [0.1, 0.15) is 0 Å². The van der Waals surface area contributed by atoms with E-state index in [1.807, 2.05) is 0 Å². The predicted octanol–water partition coefficient (Wildman–Crippen LogP) is 1.01. The number of hydrogen-bond donors (Lipinski definition) is 2. The zero-order valence-corrected chi connectivity index (χ0v) is 15.7. The Morgan fingerprint density at radius 3 is 1.48 bits per heavy atom. The minimum absolute atomic E-state index is 0.0376. The van der Waals surface area contributed by atoms with E-state index in [0.717, 1.165) is 0 Å². The Kier molecular flexibility index (Phi) is 6.32. The Balaban J connectivity index is 2.56. The van der Waals surface area contributed by atoms with Gasteiger partial charge in [0.15, 0.2) is 0 Å². The molecule has 2 aromatic rings. The van der Waals surface area contributed by atoms with Crippen LogP contribution in [0, 0.1) is 0 Å². The van der Waals surface area contributed by atoms with Gasteiger partial charge in [-0.15, -0.1) is 0 Å². The van der Waals surface area contributed by atoms with E-state index in [0.29, 0.717) is 11.1 Å². The van der Waals surface area contributed by atoms with Crippen molar-refractivity contribution in [3.63, 3.8) is 0 Å². The lowest BCUT2D eigenvalue weighted by Gasteiger charge is -2.12. The molecule has 9 heteroatoms. The summed E-state index contributed by atoms with van der Waals surface area (Å²) in [5, 5.41) is 0. The van der Waals surface area contributed by atoms with E-state index in [4.69, 9.17) is 11.5 Å². The van der Waals surface area contributed by atoms with Crippen molar-refractivity contribution in [2.75, 3.05) is 14.2 Å². The number of methoxy groups -OCH3 is 2. The first-order valence-corrected chi connectivity index (χ1v) is 9.36. The van der Waals surface area contributed by atoms with Crippen molar-refractivity contribution < 1.29 is 27.5 Å². The highest BCUT2D eigenvalue weighted by atomic mass is 32.2. The molecule has 0 aliphatic heterocycles. The molecule has 0 unspecified atom stereocenters. The second-order valence-electron chi connectivity index (χ2n) is 5.53. The largest absolute Gasteiger partial charge is 0.465 e. The average molecular weight is 392 g/mol. The van der Waals surface area contributed by atoms with Crippen LogP contribution in [0.15, 0.2) is 46.2 Å². The number of ether oxygens (including phenoxy) is 2. The third kappa shape index (κ3) is 4.00. The van der Waals surface area contributed by atoms with Crippen molar-refractivity contribution in [2.45, 2.75) is 22.9 Å². The van der Waals surface area contributed by atoms with E-state index in [-0.39, 0.29) is 34.0 Å². The van der Waals surface area contributed by atoms with Crippen LogP contribution in [0.3, 0.4) is 0 Å². The first-order chi connectivity index (χ1) is 12.8. The van der Waals surface area contributed by atoms with E-state index in [1.165, 1.54) is 50.6 Å². The third-order valence-corrected chi connectivity index (χ3v) is 5.77. The number of carbonyl (C=O) groups is 2. The summed E-state index contributed by atoms with van der Waals surface area (Å²) in [5.41, 5.74) is 12.4. The van der Waals surface area contributed by atoms with Crippen LogP contribution in [0.1, 0.15) is 31.8 Å². The standard InChI is InChI=1S/C18H20N2O6S/c1-25-17(21)15-5-3-13(7-11(15)9-19)27(23,24)14-4-6-16(18(22)26-2)12(8-14)10-20/h3-8H,9-10,19-20H2,1-2H3.